The predicted octanol–water partition coefficient (Wildman–Crippen LogP) is 1.48. The summed E-state index contributed by atoms with van der Waals surface area (Å²) in [5.41, 5.74) is 3.38. The van der Waals surface area contributed by atoms with Crippen LogP contribution >= 0.6 is 15.9 Å². The normalized spacial score (nSPS) is 13.2. The molecule has 1 aliphatic rings. The highest BCUT2D eigenvalue weighted by molar-refractivity contribution is 9.10. The van der Waals surface area contributed by atoms with Crippen LogP contribution in [-0.2, 0) is 0 Å². The van der Waals surface area contributed by atoms with Crippen molar-refractivity contribution >= 4 is 33.6 Å². The minimum atomic E-state index is -1.47. The fourth-order valence-corrected chi connectivity index (χ4v) is 2.83. The van der Waals surface area contributed by atoms with Gasteiger partial charge in [-0.3, -0.25) is 24.3 Å². The molecule has 0 spiro atoms. The number of nitrogen functional groups attached to an aromatic ring is 1. The lowest BCUT2D eigenvalue weighted by Crippen LogP contribution is -2.25. The van der Waals surface area contributed by atoms with Gasteiger partial charge in [0.2, 0.25) is 0 Å². The maximum absolute atomic E-state index is 14.0. The lowest BCUT2D eigenvalue weighted by Gasteiger charge is -2.14. The summed E-state index contributed by atoms with van der Waals surface area (Å²) in [5, 5.41) is 1.93. The second kappa shape index (κ2) is 4.95. The Hall–Kier alpha value is -2.62. The molecule has 1 aliphatic heterocycles. The number of imide groups is 1. The summed E-state index contributed by atoms with van der Waals surface area (Å²) >= 11 is 2.66. The van der Waals surface area contributed by atoms with Gasteiger partial charge in [0.25, 0.3) is 17.4 Å². The number of nitrogens with one attached hydrogen (secondary N) is 1. The first-order chi connectivity index (χ1) is 10.7. The Bertz CT molecular complexity index is 971. The van der Waals surface area contributed by atoms with Crippen LogP contribution in [0.5, 0.6) is 0 Å². The predicted molar refractivity (Wildman–Crippen MR) is 75.8 cm³/mol. The Kier molecular flexibility index (Phi) is 3.29. The van der Waals surface area contributed by atoms with Crippen molar-refractivity contribution in [3.63, 3.8) is 0 Å². The van der Waals surface area contributed by atoms with Gasteiger partial charge in [0.05, 0.1) is 15.6 Å². The van der Waals surface area contributed by atoms with Gasteiger partial charge in [0.15, 0.2) is 17.5 Å². The van der Waals surface area contributed by atoms with Crippen molar-refractivity contribution in [3.05, 3.63) is 55.5 Å². The fraction of sp³-hybridized carbons (Fsp3) is 0. The molecule has 3 N–H and O–H groups in total. The van der Waals surface area contributed by atoms with E-state index in [0.717, 1.165) is 6.07 Å². The highest BCUT2D eigenvalue weighted by Gasteiger charge is 2.33. The van der Waals surface area contributed by atoms with Crippen LogP contribution in [-0.4, -0.2) is 16.4 Å². The molecule has 0 aliphatic carbocycles. The molecular formula is C13H5BrF3N3O3. The van der Waals surface area contributed by atoms with E-state index in [1.54, 1.807) is 0 Å². The molecule has 0 bridgehead atoms. The molecule has 10 heteroatoms. The Morgan fingerprint density at radius 3 is 2.35 bits per heavy atom. The van der Waals surface area contributed by atoms with Gasteiger partial charge in [0, 0.05) is 12.1 Å². The average Bonchev–Trinajstić information content (AvgIpc) is 2.74. The van der Waals surface area contributed by atoms with E-state index < -0.39 is 50.8 Å². The van der Waals surface area contributed by atoms with E-state index in [-0.39, 0.29) is 17.2 Å². The minimum absolute atomic E-state index is 0.236. The van der Waals surface area contributed by atoms with Crippen molar-refractivity contribution in [1.29, 1.82) is 0 Å². The van der Waals surface area contributed by atoms with E-state index in [1.165, 1.54) is 0 Å². The van der Waals surface area contributed by atoms with Gasteiger partial charge in [-0.2, -0.15) is 0 Å². The molecule has 0 fully saturated rings. The SMILES string of the molecule is Nc1c2c(cc(=O)n1-c1c(F)cc(F)c(F)c1Br)C(=O)NC2=O. The number of nitrogens with zero attached hydrogens (tertiary/aromatic N) is 1. The van der Waals surface area contributed by atoms with E-state index in [9.17, 15) is 27.6 Å². The number of carbonyl (C=O) groups is 2. The number of nitrogens with two attached hydrogens (primary N) is 1. The molecular weight excluding hydrogens is 383 g/mol. The molecule has 2 heterocycles. The number of benzene rings is 1. The third kappa shape index (κ3) is 2.05. The first-order valence-corrected chi connectivity index (χ1v) is 6.78. The van der Waals surface area contributed by atoms with Gasteiger partial charge >= 0.3 is 0 Å². The number of pyridine rings is 1. The molecule has 0 saturated carbocycles. The molecule has 0 radical (unpaired) electrons. The summed E-state index contributed by atoms with van der Waals surface area (Å²) in [6.07, 6.45) is 0. The number of anilines is 1. The Balaban J connectivity index is 2.43. The quantitative estimate of drug-likeness (QED) is 0.440. The highest BCUT2D eigenvalue weighted by atomic mass is 79.9. The van der Waals surface area contributed by atoms with Crippen LogP contribution in [0.25, 0.3) is 5.69 Å². The van der Waals surface area contributed by atoms with Gasteiger partial charge in [-0.05, 0) is 15.9 Å². The molecule has 118 valence electrons. The third-order valence-corrected chi connectivity index (χ3v) is 3.99. The number of hydrogen-bond donors (Lipinski definition) is 2. The average molecular weight is 388 g/mol. The van der Waals surface area contributed by atoms with Gasteiger partial charge in [-0.15, -0.1) is 0 Å². The number of halogens is 4. The first-order valence-electron chi connectivity index (χ1n) is 5.98. The monoisotopic (exact) mass is 387 g/mol. The molecule has 3 rings (SSSR count). The lowest BCUT2D eigenvalue weighted by molar-refractivity contribution is 0.0880. The second-order valence-corrected chi connectivity index (χ2v) is 5.38. The number of rotatable bonds is 1. The van der Waals surface area contributed by atoms with Crippen LogP contribution < -0.4 is 16.6 Å². The van der Waals surface area contributed by atoms with Crippen molar-refractivity contribution in [2.45, 2.75) is 0 Å². The maximum Gasteiger partial charge on any atom is 0.262 e. The van der Waals surface area contributed by atoms with Gasteiger partial charge in [-0.1, -0.05) is 0 Å². The van der Waals surface area contributed by atoms with Crippen LogP contribution in [0.1, 0.15) is 20.7 Å². The molecule has 0 atom stereocenters. The van der Waals surface area contributed by atoms with Gasteiger partial charge < -0.3 is 5.73 Å². The first kappa shape index (κ1) is 15.3. The zero-order valence-corrected chi connectivity index (χ0v) is 12.5. The van der Waals surface area contributed by atoms with Crippen molar-refractivity contribution in [3.8, 4) is 5.69 Å². The number of amides is 2. The summed E-state index contributed by atoms with van der Waals surface area (Å²) in [6, 6.07) is 0.999. The zero-order valence-electron chi connectivity index (χ0n) is 10.9. The second-order valence-electron chi connectivity index (χ2n) is 4.59. The summed E-state index contributed by atoms with van der Waals surface area (Å²) in [6.45, 7) is 0. The highest BCUT2D eigenvalue weighted by Crippen LogP contribution is 2.31. The van der Waals surface area contributed by atoms with Crippen molar-refractivity contribution < 1.29 is 22.8 Å². The Morgan fingerprint density at radius 1 is 1.04 bits per heavy atom. The number of fused-ring (bicyclic) bond motifs is 1. The summed E-state index contributed by atoms with van der Waals surface area (Å²) in [7, 11) is 0. The smallest absolute Gasteiger partial charge is 0.262 e. The summed E-state index contributed by atoms with van der Waals surface area (Å²) in [4.78, 5) is 35.4. The van der Waals surface area contributed by atoms with Crippen molar-refractivity contribution in [2.75, 3.05) is 5.73 Å². The zero-order chi connectivity index (χ0) is 17.0. The van der Waals surface area contributed by atoms with E-state index >= 15 is 0 Å². The number of aromatic nitrogens is 1. The lowest BCUT2D eigenvalue weighted by atomic mass is 10.1. The maximum atomic E-state index is 14.0. The van der Waals surface area contributed by atoms with E-state index in [2.05, 4.69) is 15.9 Å². The van der Waals surface area contributed by atoms with Crippen molar-refractivity contribution in [2.24, 2.45) is 0 Å². The molecule has 0 saturated heterocycles. The molecule has 1 aromatic carbocycles. The number of hydrogen-bond acceptors (Lipinski definition) is 4. The topological polar surface area (TPSA) is 94.2 Å². The van der Waals surface area contributed by atoms with Crippen LogP contribution in [0.3, 0.4) is 0 Å². The van der Waals surface area contributed by atoms with Crippen molar-refractivity contribution in [1.82, 2.24) is 9.88 Å². The summed E-state index contributed by atoms with van der Waals surface area (Å²) in [5.74, 6) is -6.47. The molecule has 23 heavy (non-hydrogen) atoms. The molecule has 1 aromatic heterocycles. The standard InChI is InChI=1S/C13H5BrF3N3O3/c14-8-9(17)4(15)2-5(16)10(8)20-6(21)1-3-7(11(20)18)13(23)19-12(3)22/h1-2H,18H2,(H,19,22,23). The van der Waals surface area contributed by atoms with E-state index in [1.807, 2.05) is 5.32 Å². The van der Waals surface area contributed by atoms with Crippen LogP contribution in [0.15, 0.2) is 21.4 Å². The fourth-order valence-electron chi connectivity index (χ4n) is 2.27. The largest absolute Gasteiger partial charge is 0.384 e. The minimum Gasteiger partial charge on any atom is -0.384 e. The third-order valence-electron chi connectivity index (χ3n) is 3.27. The van der Waals surface area contributed by atoms with Gasteiger partial charge in [0.1, 0.15) is 11.5 Å². The molecule has 6 nitrogen and oxygen atoms in total. The number of carbonyl (C=O) groups excluding carboxylic acids is 2. The van der Waals surface area contributed by atoms with Gasteiger partial charge in [-0.25, -0.2) is 13.2 Å². The van der Waals surface area contributed by atoms with Crippen LogP contribution in [0, 0.1) is 17.5 Å². The Morgan fingerprint density at radius 2 is 1.70 bits per heavy atom. The van der Waals surface area contributed by atoms with E-state index in [4.69, 9.17) is 5.73 Å². The summed E-state index contributed by atoms with van der Waals surface area (Å²) < 4.78 is 40.7. The van der Waals surface area contributed by atoms with E-state index in [0.29, 0.717) is 4.57 Å². The van der Waals surface area contributed by atoms with Crippen LogP contribution in [0.2, 0.25) is 0 Å². The molecule has 2 amide bonds. The molecule has 2 aromatic rings. The van der Waals surface area contributed by atoms with Crippen LogP contribution in [0.4, 0.5) is 19.0 Å². The molecule has 0 unspecified atom stereocenters. The Labute approximate surface area is 133 Å².